The summed E-state index contributed by atoms with van der Waals surface area (Å²) in [5.74, 6) is 5.78. The maximum atomic E-state index is 11.5. The standard InChI is InChI=1S/C15H18O2/c1-2-3-4-5-6-10-13-17-15(16)14-11-8-7-9-12-14/h7-9,11-12H,2-4,10,13H2,1H3. The molecule has 0 bridgehead atoms. The van der Waals surface area contributed by atoms with Crippen molar-refractivity contribution in [1.82, 2.24) is 0 Å². The van der Waals surface area contributed by atoms with Crippen LogP contribution < -0.4 is 0 Å². The second-order valence-electron chi connectivity index (χ2n) is 3.71. The van der Waals surface area contributed by atoms with Crippen LogP contribution in [0.25, 0.3) is 0 Å². The molecule has 0 aliphatic carbocycles. The zero-order valence-electron chi connectivity index (χ0n) is 10.2. The molecule has 1 aromatic rings. The molecular weight excluding hydrogens is 212 g/mol. The van der Waals surface area contributed by atoms with Gasteiger partial charge in [-0.3, -0.25) is 0 Å². The lowest BCUT2D eigenvalue weighted by Crippen LogP contribution is -2.05. The molecule has 1 aromatic carbocycles. The molecule has 17 heavy (non-hydrogen) atoms. The predicted molar refractivity (Wildman–Crippen MR) is 68.6 cm³/mol. The van der Waals surface area contributed by atoms with Gasteiger partial charge >= 0.3 is 5.97 Å². The molecule has 0 heterocycles. The van der Waals surface area contributed by atoms with Gasteiger partial charge in [0.2, 0.25) is 0 Å². The van der Waals surface area contributed by atoms with Gasteiger partial charge in [0.25, 0.3) is 0 Å². The first-order valence-corrected chi connectivity index (χ1v) is 6.02. The normalized spacial score (nSPS) is 9.24. The predicted octanol–water partition coefficient (Wildman–Crippen LogP) is 3.43. The van der Waals surface area contributed by atoms with E-state index in [0.29, 0.717) is 18.6 Å². The third kappa shape index (κ3) is 5.77. The van der Waals surface area contributed by atoms with Crippen LogP contribution in [0.2, 0.25) is 0 Å². The monoisotopic (exact) mass is 230 g/mol. The summed E-state index contributed by atoms with van der Waals surface area (Å²) >= 11 is 0. The number of unbranched alkanes of at least 4 members (excludes halogenated alkanes) is 2. The van der Waals surface area contributed by atoms with Crippen LogP contribution in [0.3, 0.4) is 0 Å². The molecule has 0 radical (unpaired) electrons. The number of esters is 1. The highest BCUT2D eigenvalue weighted by Crippen LogP contribution is 2.01. The topological polar surface area (TPSA) is 26.3 Å². The van der Waals surface area contributed by atoms with Crippen LogP contribution in [0.4, 0.5) is 0 Å². The Morgan fingerprint density at radius 3 is 2.59 bits per heavy atom. The molecule has 0 saturated carbocycles. The van der Waals surface area contributed by atoms with Gasteiger partial charge in [-0.05, 0) is 18.6 Å². The molecule has 0 saturated heterocycles. The van der Waals surface area contributed by atoms with Crippen molar-refractivity contribution in [1.29, 1.82) is 0 Å². The fourth-order valence-corrected chi connectivity index (χ4v) is 1.29. The van der Waals surface area contributed by atoms with Crippen molar-refractivity contribution in [2.24, 2.45) is 0 Å². The average Bonchev–Trinajstić information content (AvgIpc) is 2.38. The Hall–Kier alpha value is -1.75. The van der Waals surface area contributed by atoms with Crippen molar-refractivity contribution in [2.75, 3.05) is 6.61 Å². The Balaban J connectivity index is 2.18. The molecule has 0 spiro atoms. The Kier molecular flexibility index (Phi) is 6.59. The van der Waals surface area contributed by atoms with Crippen LogP contribution in [0.5, 0.6) is 0 Å². The molecular formula is C15H18O2. The fourth-order valence-electron chi connectivity index (χ4n) is 1.29. The minimum Gasteiger partial charge on any atom is -0.461 e. The summed E-state index contributed by atoms with van der Waals surface area (Å²) in [6, 6.07) is 9.00. The molecule has 0 N–H and O–H groups in total. The largest absolute Gasteiger partial charge is 0.461 e. The van der Waals surface area contributed by atoms with Gasteiger partial charge in [0.1, 0.15) is 6.61 Å². The van der Waals surface area contributed by atoms with Gasteiger partial charge in [0.15, 0.2) is 0 Å². The number of hydrogen-bond acceptors (Lipinski definition) is 2. The number of carbonyl (C=O) groups excluding carboxylic acids is 1. The molecule has 0 atom stereocenters. The third-order valence-electron chi connectivity index (χ3n) is 2.25. The Bertz CT molecular complexity index is 384. The molecule has 1 rings (SSSR count). The Morgan fingerprint density at radius 1 is 1.18 bits per heavy atom. The van der Waals surface area contributed by atoms with Gasteiger partial charge in [0, 0.05) is 12.8 Å². The molecule has 0 amide bonds. The molecule has 0 aliphatic rings. The summed E-state index contributed by atoms with van der Waals surface area (Å²) in [6.07, 6.45) is 3.85. The molecule has 0 aliphatic heterocycles. The van der Waals surface area contributed by atoms with Crippen LogP contribution in [0.15, 0.2) is 30.3 Å². The maximum absolute atomic E-state index is 11.5. The van der Waals surface area contributed by atoms with Gasteiger partial charge in [-0.1, -0.05) is 37.5 Å². The molecule has 90 valence electrons. The molecule has 0 fully saturated rings. The van der Waals surface area contributed by atoms with Gasteiger partial charge in [0.05, 0.1) is 5.56 Å². The number of rotatable bonds is 5. The average molecular weight is 230 g/mol. The van der Waals surface area contributed by atoms with E-state index in [0.717, 1.165) is 19.3 Å². The van der Waals surface area contributed by atoms with Gasteiger partial charge in [-0.25, -0.2) is 4.79 Å². The first kappa shape index (κ1) is 13.3. The van der Waals surface area contributed by atoms with Gasteiger partial charge in [-0.15, -0.1) is 5.92 Å². The minimum absolute atomic E-state index is 0.277. The summed E-state index contributed by atoms with van der Waals surface area (Å²) < 4.78 is 5.09. The zero-order valence-corrected chi connectivity index (χ0v) is 10.2. The van der Waals surface area contributed by atoms with Crippen molar-refractivity contribution in [2.45, 2.75) is 32.6 Å². The quantitative estimate of drug-likeness (QED) is 0.440. The van der Waals surface area contributed by atoms with Crippen LogP contribution in [-0.2, 0) is 4.74 Å². The van der Waals surface area contributed by atoms with Gasteiger partial charge < -0.3 is 4.74 Å². The highest BCUT2D eigenvalue weighted by atomic mass is 16.5. The van der Waals surface area contributed by atoms with E-state index in [1.165, 1.54) is 0 Å². The third-order valence-corrected chi connectivity index (χ3v) is 2.25. The first-order valence-electron chi connectivity index (χ1n) is 6.02. The summed E-state index contributed by atoms with van der Waals surface area (Å²) in [7, 11) is 0. The summed E-state index contributed by atoms with van der Waals surface area (Å²) in [5.41, 5.74) is 0.589. The lowest BCUT2D eigenvalue weighted by atomic mass is 10.2. The Morgan fingerprint density at radius 2 is 1.88 bits per heavy atom. The van der Waals surface area contributed by atoms with E-state index in [9.17, 15) is 4.79 Å². The van der Waals surface area contributed by atoms with Crippen LogP contribution >= 0.6 is 0 Å². The molecule has 0 aromatic heterocycles. The first-order chi connectivity index (χ1) is 8.34. The highest BCUT2D eigenvalue weighted by Gasteiger charge is 2.03. The lowest BCUT2D eigenvalue weighted by Gasteiger charge is -2.01. The number of benzene rings is 1. The van der Waals surface area contributed by atoms with E-state index in [4.69, 9.17) is 4.74 Å². The van der Waals surface area contributed by atoms with E-state index in [1.807, 2.05) is 18.2 Å². The second kappa shape index (κ2) is 8.41. The number of hydrogen-bond donors (Lipinski definition) is 0. The van der Waals surface area contributed by atoms with Crippen molar-refractivity contribution in [3.8, 4) is 11.8 Å². The van der Waals surface area contributed by atoms with E-state index >= 15 is 0 Å². The minimum atomic E-state index is -0.277. The Labute approximate surface area is 103 Å². The van der Waals surface area contributed by atoms with Crippen molar-refractivity contribution in [3.63, 3.8) is 0 Å². The second-order valence-corrected chi connectivity index (χ2v) is 3.71. The van der Waals surface area contributed by atoms with Crippen LogP contribution in [0.1, 0.15) is 43.0 Å². The van der Waals surface area contributed by atoms with Crippen molar-refractivity contribution in [3.05, 3.63) is 35.9 Å². The summed E-state index contributed by atoms with van der Waals surface area (Å²) in [5, 5.41) is 0. The van der Waals surface area contributed by atoms with E-state index in [-0.39, 0.29) is 5.97 Å². The molecule has 2 nitrogen and oxygen atoms in total. The molecule has 0 unspecified atom stereocenters. The summed E-state index contributed by atoms with van der Waals surface area (Å²) in [4.78, 5) is 11.5. The SMILES string of the molecule is CCCCC#CCCOC(=O)c1ccccc1. The van der Waals surface area contributed by atoms with Crippen molar-refractivity contribution >= 4 is 5.97 Å². The van der Waals surface area contributed by atoms with Crippen molar-refractivity contribution < 1.29 is 9.53 Å². The number of ether oxygens (including phenoxy) is 1. The van der Waals surface area contributed by atoms with E-state index < -0.39 is 0 Å². The smallest absolute Gasteiger partial charge is 0.338 e. The van der Waals surface area contributed by atoms with Crippen LogP contribution in [-0.4, -0.2) is 12.6 Å². The summed E-state index contributed by atoms with van der Waals surface area (Å²) in [6.45, 7) is 2.51. The number of carbonyl (C=O) groups is 1. The lowest BCUT2D eigenvalue weighted by molar-refractivity contribution is 0.0513. The van der Waals surface area contributed by atoms with Crippen LogP contribution in [0, 0.1) is 11.8 Å². The zero-order chi connectivity index (χ0) is 12.3. The fraction of sp³-hybridized carbons (Fsp3) is 0.400. The molecule has 2 heteroatoms. The van der Waals surface area contributed by atoms with E-state index in [2.05, 4.69) is 18.8 Å². The highest BCUT2D eigenvalue weighted by molar-refractivity contribution is 5.89. The maximum Gasteiger partial charge on any atom is 0.338 e. The van der Waals surface area contributed by atoms with E-state index in [1.54, 1.807) is 12.1 Å². The van der Waals surface area contributed by atoms with Gasteiger partial charge in [-0.2, -0.15) is 0 Å².